The van der Waals surface area contributed by atoms with Gasteiger partial charge in [0.05, 0.1) is 16.6 Å². The van der Waals surface area contributed by atoms with Crippen LogP contribution < -0.4 is 15.4 Å². The van der Waals surface area contributed by atoms with E-state index in [0.29, 0.717) is 42.0 Å². The Morgan fingerprint density at radius 3 is 2.57 bits per heavy atom. The molecule has 0 spiro atoms. The Labute approximate surface area is 185 Å². The minimum atomic E-state index is -3.81. The summed E-state index contributed by atoms with van der Waals surface area (Å²) in [6, 6.07) is 6.89. The maximum Gasteiger partial charge on any atom is 0.487 e. The van der Waals surface area contributed by atoms with Crippen LogP contribution in [-0.4, -0.2) is 35.6 Å². The molecule has 0 aliphatic heterocycles. The van der Waals surface area contributed by atoms with E-state index in [4.69, 9.17) is 16.3 Å². The molecule has 1 amide bonds. The van der Waals surface area contributed by atoms with Crippen LogP contribution in [0.15, 0.2) is 41.0 Å². The van der Waals surface area contributed by atoms with E-state index in [1.54, 1.807) is 13.0 Å². The van der Waals surface area contributed by atoms with Gasteiger partial charge in [-0.05, 0) is 59.6 Å². The van der Waals surface area contributed by atoms with E-state index in [9.17, 15) is 18.4 Å². The summed E-state index contributed by atoms with van der Waals surface area (Å²) >= 11 is 8.05. The van der Waals surface area contributed by atoms with Crippen molar-refractivity contribution in [2.45, 2.75) is 25.3 Å². The van der Waals surface area contributed by atoms with Crippen LogP contribution in [0.5, 0.6) is 5.75 Å². The lowest BCUT2D eigenvalue weighted by atomic mass is 10.2. The number of hydrogen-bond donors (Lipinski definition) is 2. The fourth-order valence-electron chi connectivity index (χ4n) is 2.31. The summed E-state index contributed by atoms with van der Waals surface area (Å²) in [5, 5.41) is 5.69. The Bertz CT molecular complexity index is 879. The number of carbonyl (C=O) groups excluding carboxylic acids is 2. The van der Waals surface area contributed by atoms with E-state index in [2.05, 4.69) is 36.3 Å². The van der Waals surface area contributed by atoms with Crippen LogP contribution in [0, 0.1) is 0 Å². The first kappa shape index (κ1) is 23.8. The van der Waals surface area contributed by atoms with E-state index in [1.165, 1.54) is 30.5 Å². The molecule has 0 saturated heterocycles. The van der Waals surface area contributed by atoms with E-state index in [-0.39, 0.29) is 17.3 Å². The Morgan fingerprint density at radius 2 is 1.97 bits per heavy atom. The van der Waals surface area contributed by atoms with Crippen LogP contribution >= 0.6 is 27.5 Å². The fourth-order valence-corrected chi connectivity index (χ4v) is 2.89. The molecule has 0 saturated carbocycles. The first-order chi connectivity index (χ1) is 14.2. The number of carbonyl (C=O) groups is 2. The Balaban J connectivity index is 1.89. The van der Waals surface area contributed by atoms with Gasteiger partial charge in [-0.3, -0.25) is 9.59 Å². The van der Waals surface area contributed by atoms with Crippen molar-refractivity contribution in [2.75, 3.05) is 23.8 Å². The number of benzene rings is 1. The number of aromatic nitrogens is 1. The van der Waals surface area contributed by atoms with Crippen molar-refractivity contribution in [2.24, 2.45) is 0 Å². The summed E-state index contributed by atoms with van der Waals surface area (Å²) < 4.78 is 34.9. The maximum atomic E-state index is 12.6. The minimum absolute atomic E-state index is 0.143. The van der Waals surface area contributed by atoms with Gasteiger partial charge >= 0.3 is 11.5 Å². The quantitative estimate of drug-likeness (QED) is 0.267. The normalized spacial score (nSPS) is 11.0. The van der Waals surface area contributed by atoms with Gasteiger partial charge in [0.15, 0.2) is 0 Å². The van der Waals surface area contributed by atoms with Gasteiger partial charge in [-0.15, -0.1) is 8.78 Å². The number of hydrogen-bond acceptors (Lipinski definition) is 6. The molecule has 0 aliphatic rings. The number of rotatable bonds is 10. The van der Waals surface area contributed by atoms with Crippen LogP contribution in [-0.2, 0) is 9.53 Å². The Morgan fingerprint density at radius 1 is 1.27 bits per heavy atom. The molecule has 2 N–H and O–H groups in total. The number of esters is 1. The van der Waals surface area contributed by atoms with Gasteiger partial charge < -0.3 is 20.1 Å². The molecule has 0 atom stereocenters. The molecule has 0 fully saturated rings. The number of halogens is 4. The second-order valence-electron chi connectivity index (χ2n) is 5.92. The molecule has 0 aliphatic carbocycles. The molecule has 1 heterocycles. The van der Waals surface area contributed by atoms with Gasteiger partial charge in [-0.25, -0.2) is 4.98 Å². The molecule has 2 rings (SSSR count). The summed E-state index contributed by atoms with van der Waals surface area (Å²) in [4.78, 5) is 27.9. The summed E-state index contributed by atoms with van der Waals surface area (Å²) in [5.74, 6) is -0.308. The van der Waals surface area contributed by atoms with Gasteiger partial charge in [-0.2, -0.15) is 0 Å². The second kappa shape index (κ2) is 11.1. The van der Waals surface area contributed by atoms with Gasteiger partial charge in [0.25, 0.3) is 5.91 Å². The average molecular weight is 507 g/mol. The van der Waals surface area contributed by atoms with Crippen molar-refractivity contribution >= 4 is 50.9 Å². The lowest BCUT2D eigenvalue weighted by molar-refractivity contribution is -0.143. The molecule has 2 aromatic rings. The Kier molecular flexibility index (Phi) is 8.79. The number of pyridine rings is 1. The highest BCUT2D eigenvalue weighted by molar-refractivity contribution is 9.10. The van der Waals surface area contributed by atoms with E-state index >= 15 is 0 Å². The maximum absolute atomic E-state index is 12.6. The standard InChI is InChI=1S/C19H19BrClF2N3O4/c1-2-29-16(27)4-3-9-24-17-15(20)10-12(11-25-17)18(28)26-13-5-7-14(8-6-13)30-19(21,22)23/h5-8,10-11H,2-4,9H2,1H3,(H,24,25)(H,26,28). The molecule has 0 bridgehead atoms. The summed E-state index contributed by atoms with van der Waals surface area (Å²) in [7, 11) is 0. The summed E-state index contributed by atoms with van der Waals surface area (Å²) in [6.45, 7) is 2.61. The highest BCUT2D eigenvalue weighted by Gasteiger charge is 2.27. The van der Waals surface area contributed by atoms with Crippen molar-refractivity contribution in [3.8, 4) is 5.75 Å². The number of alkyl halides is 3. The van der Waals surface area contributed by atoms with Crippen molar-refractivity contribution < 1.29 is 27.8 Å². The smallest absolute Gasteiger partial charge is 0.466 e. The molecule has 162 valence electrons. The molecule has 7 nitrogen and oxygen atoms in total. The van der Waals surface area contributed by atoms with E-state index in [0.717, 1.165) is 0 Å². The number of amides is 1. The molecular formula is C19H19BrClF2N3O4. The van der Waals surface area contributed by atoms with Gasteiger partial charge in [0.2, 0.25) is 0 Å². The van der Waals surface area contributed by atoms with Gasteiger partial charge in [0, 0.05) is 36.5 Å². The minimum Gasteiger partial charge on any atom is -0.466 e. The van der Waals surface area contributed by atoms with Crippen LogP contribution in [0.1, 0.15) is 30.1 Å². The molecule has 0 unspecified atom stereocenters. The van der Waals surface area contributed by atoms with Crippen molar-refractivity contribution in [3.05, 3.63) is 46.6 Å². The first-order valence-electron chi connectivity index (χ1n) is 8.90. The molecule has 30 heavy (non-hydrogen) atoms. The average Bonchev–Trinajstić information content (AvgIpc) is 2.66. The largest absolute Gasteiger partial charge is 0.487 e. The van der Waals surface area contributed by atoms with Crippen molar-refractivity contribution in [1.29, 1.82) is 0 Å². The van der Waals surface area contributed by atoms with Crippen molar-refractivity contribution in [1.82, 2.24) is 4.98 Å². The highest BCUT2D eigenvalue weighted by atomic mass is 79.9. The summed E-state index contributed by atoms with van der Waals surface area (Å²) in [5.41, 5.74) is -3.15. The van der Waals surface area contributed by atoms with Crippen LogP contribution in [0.25, 0.3) is 0 Å². The lowest BCUT2D eigenvalue weighted by Crippen LogP contribution is -2.16. The number of ether oxygens (including phenoxy) is 2. The van der Waals surface area contributed by atoms with E-state index in [1.807, 2.05) is 0 Å². The Hall–Kier alpha value is -2.46. The molecule has 1 aromatic carbocycles. The van der Waals surface area contributed by atoms with Crippen LogP contribution in [0.3, 0.4) is 0 Å². The zero-order valence-corrected chi connectivity index (χ0v) is 18.2. The van der Waals surface area contributed by atoms with Crippen LogP contribution in [0.2, 0.25) is 0 Å². The molecule has 1 aromatic heterocycles. The van der Waals surface area contributed by atoms with E-state index < -0.39 is 11.5 Å². The predicted molar refractivity (Wildman–Crippen MR) is 112 cm³/mol. The highest BCUT2D eigenvalue weighted by Crippen LogP contribution is 2.26. The molecular weight excluding hydrogens is 488 g/mol. The number of nitrogens with one attached hydrogen (secondary N) is 2. The van der Waals surface area contributed by atoms with Crippen LogP contribution in [0.4, 0.5) is 20.3 Å². The third kappa shape index (κ3) is 8.11. The summed E-state index contributed by atoms with van der Waals surface area (Å²) in [6.07, 6.45) is 2.26. The SMILES string of the molecule is CCOC(=O)CCCNc1ncc(C(=O)Nc2ccc(OC(F)(F)Cl)cc2)cc1Br. The second-order valence-corrected chi connectivity index (χ2v) is 7.21. The first-order valence-corrected chi connectivity index (χ1v) is 10.1. The van der Waals surface area contributed by atoms with Gasteiger partial charge in [0.1, 0.15) is 11.6 Å². The fraction of sp³-hybridized carbons (Fsp3) is 0.316. The predicted octanol–water partition coefficient (Wildman–Crippen LogP) is 5.02. The third-order valence-corrected chi connectivity index (χ3v) is 4.29. The number of anilines is 2. The monoisotopic (exact) mass is 505 g/mol. The molecule has 11 heteroatoms. The van der Waals surface area contributed by atoms with Crippen molar-refractivity contribution in [3.63, 3.8) is 0 Å². The number of nitrogens with zero attached hydrogens (tertiary/aromatic N) is 1. The topological polar surface area (TPSA) is 89.5 Å². The zero-order chi connectivity index (χ0) is 22.1. The lowest BCUT2D eigenvalue weighted by Gasteiger charge is -2.12. The van der Waals surface area contributed by atoms with Gasteiger partial charge in [-0.1, -0.05) is 0 Å². The zero-order valence-electron chi connectivity index (χ0n) is 15.9. The molecule has 0 radical (unpaired) electrons. The third-order valence-electron chi connectivity index (χ3n) is 3.60.